The van der Waals surface area contributed by atoms with Gasteiger partial charge in [0.05, 0.1) is 0 Å². The predicted molar refractivity (Wildman–Crippen MR) is 71.5 cm³/mol. The van der Waals surface area contributed by atoms with Gasteiger partial charge < -0.3 is 10.2 Å². The van der Waals surface area contributed by atoms with Crippen molar-refractivity contribution in [1.29, 1.82) is 0 Å². The molecule has 2 rings (SSSR count). The van der Waals surface area contributed by atoms with Gasteiger partial charge in [0, 0.05) is 0 Å². The Morgan fingerprint density at radius 1 is 0.640 bits per heavy atom. The first-order valence-corrected chi connectivity index (χ1v) is 5.82. The molecule has 0 spiro atoms. The van der Waals surface area contributed by atoms with Gasteiger partial charge in [-0.2, -0.15) is 62.7 Å². The molecule has 0 amide bonds. The first-order chi connectivity index (χ1) is 10.9. The Labute approximate surface area is 157 Å². The molecule has 0 aliphatic heterocycles. The van der Waals surface area contributed by atoms with Crippen LogP contribution in [0.3, 0.4) is 0 Å². The van der Waals surface area contributed by atoms with Crippen LogP contribution in [-0.2, 0) is 35.8 Å². The minimum Gasteiger partial charge on any atom is -0.475 e. The van der Waals surface area contributed by atoms with E-state index in [0.29, 0.717) is 0 Å². The molecule has 0 aromatic heterocycles. The molecule has 11 heteroatoms. The van der Waals surface area contributed by atoms with E-state index < -0.39 is 24.3 Å². The molecule has 2 N–H and O–H groups in total. The first kappa shape index (κ1) is 27.9. The molecule has 0 radical (unpaired) electrons. The second-order valence-electron chi connectivity index (χ2n) is 3.53. The van der Waals surface area contributed by atoms with Gasteiger partial charge in [0.2, 0.25) is 0 Å². The van der Waals surface area contributed by atoms with Crippen molar-refractivity contribution in [2.24, 2.45) is 0 Å². The quantitative estimate of drug-likeness (QED) is 0.470. The Kier molecular flexibility index (Phi) is 16.1. The Morgan fingerprint density at radius 3 is 0.840 bits per heavy atom. The van der Waals surface area contributed by atoms with E-state index in [4.69, 9.17) is 19.8 Å². The molecule has 4 nitrogen and oxygen atoms in total. The van der Waals surface area contributed by atoms with E-state index in [1.807, 2.05) is 60.7 Å². The summed E-state index contributed by atoms with van der Waals surface area (Å²) in [6, 6.07) is 20.0. The summed E-state index contributed by atoms with van der Waals surface area (Å²) in [5.41, 5.74) is 0. The predicted octanol–water partition coefficient (Wildman–Crippen LogP) is 4.08. The average molecular weight is 449 g/mol. The number of alkyl halides is 6. The summed E-state index contributed by atoms with van der Waals surface area (Å²) in [6.45, 7) is 0. The minimum atomic E-state index is -5.08. The van der Waals surface area contributed by atoms with E-state index in [9.17, 15) is 26.3 Å². The van der Waals surface area contributed by atoms with Crippen molar-refractivity contribution in [2.75, 3.05) is 0 Å². The van der Waals surface area contributed by atoms with E-state index in [1.54, 1.807) is 0 Å². The summed E-state index contributed by atoms with van der Waals surface area (Å²) < 4.78 is 63.5. The molecule has 138 valence electrons. The molecular weight excluding hydrogens is 437 g/mol. The van der Waals surface area contributed by atoms with Crippen LogP contribution in [0.15, 0.2) is 60.7 Å². The number of halogens is 6. The zero-order chi connectivity index (χ0) is 19.2. The molecule has 0 atom stereocenters. The third-order valence-corrected chi connectivity index (χ3v) is 1.60. The number of carbonyl (C=O) groups is 2. The zero-order valence-corrected chi connectivity index (χ0v) is 14.7. The van der Waals surface area contributed by atoms with Crippen LogP contribution in [0, 0.1) is 0 Å². The molecule has 0 saturated carbocycles. The summed E-state index contributed by atoms with van der Waals surface area (Å²) in [7, 11) is 0. The van der Waals surface area contributed by atoms with Gasteiger partial charge in [-0.1, -0.05) is 0 Å². The van der Waals surface area contributed by atoms with Gasteiger partial charge in [0.15, 0.2) is 0 Å². The van der Waals surface area contributed by atoms with Gasteiger partial charge in [-0.15, -0.1) is 0 Å². The van der Waals surface area contributed by atoms with Crippen molar-refractivity contribution >= 4 is 11.9 Å². The third-order valence-electron chi connectivity index (χ3n) is 1.60. The fourth-order valence-electron chi connectivity index (χ4n) is 0.642. The topological polar surface area (TPSA) is 74.6 Å². The van der Waals surface area contributed by atoms with Crippen molar-refractivity contribution in [2.45, 2.75) is 12.4 Å². The maximum Gasteiger partial charge on any atom is 2.00 e. The van der Waals surface area contributed by atoms with Crippen LogP contribution in [0.5, 0.6) is 0 Å². The first-order valence-electron chi connectivity index (χ1n) is 5.82. The fourth-order valence-corrected chi connectivity index (χ4v) is 0.642. The number of carboxylic acid groups (broad SMARTS) is 2. The summed E-state index contributed by atoms with van der Waals surface area (Å²) >= 11 is 0. The molecular formula is C14H12F6O4Zr. The van der Waals surface area contributed by atoms with E-state index in [2.05, 4.69) is 0 Å². The van der Waals surface area contributed by atoms with Gasteiger partial charge in [-0.3, -0.25) is 0 Å². The second-order valence-corrected chi connectivity index (χ2v) is 3.53. The maximum atomic E-state index is 10.6. The van der Waals surface area contributed by atoms with Crippen molar-refractivity contribution in [3.8, 4) is 0 Å². The largest absolute Gasteiger partial charge is 2.00 e. The standard InChI is InChI=1S/2C5H5.2C2HF3O2.Zr/c2*1-2-4-5-3-1;2*3-2(4,5)1(6)7;/h2*1-5H;2*(H,6,7);/q2*-1;;;+2. The van der Waals surface area contributed by atoms with Crippen LogP contribution in [0.4, 0.5) is 26.3 Å². The van der Waals surface area contributed by atoms with Gasteiger partial charge in [0.25, 0.3) is 0 Å². The SMILES string of the molecule is O=C(O)C(F)(F)F.O=C(O)C(F)(F)F.[Zr+2].c1cc[cH-]c1.c1cc[cH-]c1. The second kappa shape index (κ2) is 14.4. The van der Waals surface area contributed by atoms with Crippen LogP contribution >= 0.6 is 0 Å². The van der Waals surface area contributed by atoms with Crippen LogP contribution in [-0.4, -0.2) is 34.5 Å². The Balaban J connectivity index is -0.000000257. The molecule has 2 aromatic rings. The van der Waals surface area contributed by atoms with Crippen molar-refractivity contribution < 1.29 is 72.3 Å². The number of hydrogen-bond donors (Lipinski definition) is 2. The molecule has 0 aliphatic carbocycles. The normalized spacial score (nSPS) is 9.52. The van der Waals surface area contributed by atoms with Crippen LogP contribution < -0.4 is 0 Å². The van der Waals surface area contributed by atoms with Gasteiger partial charge in [0.1, 0.15) is 0 Å². The Bertz CT molecular complexity index is 448. The molecule has 2 aromatic carbocycles. The zero-order valence-electron chi connectivity index (χ0n) is 12.3. The summed E-state index contributed by atoms with van der Waals surface area (Å²) in [6.07, 6.45) is -10.2. The molecule has 0 heterocycles. The third kappa shape index (κ3) is 22.1. The van der Waals surface area contributed by atoms with Gasteiger partial charge in [-0.25, -0.2) is 33.9 Å². The van der Waals surface area contributed by atoms with Crippen molar-refractivity contribution in [3.05, 3.63) is 60.7 Å². The fraction of sp³-hybridized carbons (Fsp3) is 0.143. The molecule has 0 aliphatic rings. The van der Waals surface area contributed by atoms with Gasteiger partial charge in [-0.05, 0) is 0 Å². The molecule has 25 heavy (non-hydrogen) atoms. The van der Waals surface area contributed by atoms with Crippen molar-refractivity contribution in [1.82, 2.24) is 0 Å². The van der Waals surface area contributed by atoms with E-state index in [-0.39, 0.29) is 26.2 Å². The van der Waals surface area contributed by atoms with Crippen LogP contribution in [0.1, 0.15) is 0 Å². The summed E-state index contributed by atoms with van der Waals surface area (Å²) in [5, 5.41) is 14.2. The average Bonchev–Trinajstić information content (AvgIpc) is 3.16. The molecule has 0 saturated heterocycles. The maximum absolute atomic E-state index is 10.6. The van der Waals surface area contributed by atoms with Crippen LogP contribution in [0.25, 0.3) is 0 Å². The van der Waals surface area contributed by atoms with E-state index in [1.165, 1.54) is 0 Å². The number of carboxylic acids is 2. The summed E-state index contributed by atoms with van der Waals surface area (Å²) in [4.78, 5) is 17.8. The van der Waals surface area contributed by atoms with Crippen LogP contribution in [0.2, 0.25) is 0 Å². The summed E-state index contributed by atoms with van der Waals surface area (Å²) in [5.74, 6) is -5.51. The Hall–Kier alpha value is -1.90. The van der Waals surface area contributed by atoms with Crippen molar-refractivity contribution in [3.63, 3.8) is 0 Å². The molecule has 0 unspecified atom stereocenters. The number of rotatable bonds is 0. The van der Waals surface area contributed by atoms with E-state index >= 15 is 0 Å². The Morgan fingerprint density at radius 2 is 0.800 bits per heavy atom. The number of aliphatic carboxylic acids is 2. The minimum absolute atomic E-state index is 0. The van der Waals surface area contributed by atoms with E-state index in [0.717, 1.165) is 0 Å². The molecule has 0 fully saturated rings. The number of hydrogen-bond acceptors (Lipinski definition) is 2. The molecule has 0 bridgehead atoms. The smallest absolute Gasteiger partial charge is 0.475 e. The van der Waals surface area contributed by atoms with Gasteiger partial charge >= 0.3 is 50.5 Å². The monoisotopic (exact) mass is 448 g/mol.